The molecule has 1 unspecified atom stereocenters. The molecule has 150 valence electrons. The summed E-state index contributed by atoms with van der Waals surface area (Å²) in [5.41, 5.74) is 3.08. The largest absolute Gasteiger partial charge is 0.457 e. The molecule has 0 saturated carbocycles. The molecule has 2 aromatic carbocycles. The van der Waals surface area contributed by atoms with Gasteiger partial charge in [0.1, 0.15) is 0 Å². The van der Waals surface area contributed by atoms with Gasteiger partial charge in [-0.15, -0.1) is 0 Å². The van der Waals surface area contributed by atoms with Crippen molar-refractivity contribution in [1.29, 1.82) is 0 Å². The summed E-state index contributed by atoms with van der Waals surface area (Å²) in [4.78, 5) is 48.6. The number of esters is 1. The van der Waals surface area contributed by atoms with E-state index in [9.17, 15) is 19.2 Å². The highest BCUT2D eigenvalue weighted by Gasteiger charge is 2.36. The summed E-state index contributed by atoms with van der Waals surface area (Å²) in [5.74, 6) is -2.79. The molecule has 0 aromatic heterocycles. The lowest BCUT2D eigenvalue weighted by atomic mass is 10.1. The Kier molecular flexibility index (Phi) is 6.51. The van der Waals surface area contributed by atoms with Gasteiger partial charge in [-0.05, 0) is 18.2 Å². The van der Waals surface area contributed by atoms with Crippen LogP contribution in [0.3, 0.4) is 0 Å². The lowest BCUT2D eigenvalue weighted by Gasteiger charge is -2.17. The van der Waals surface area contributed by atoms with Crippen LogP contribution in [0.25, 0.3) is 0 Å². The number of hydrazine groups is 1. The third-order valence-electron chi connectivity index (χ3n) is 4.32. The molecule has 1 N–H and O–H groups in total. The maximum absolute atomic E-state index is 12.3. The van der Waals surface area contributed by atoms with Crippen LogP contribution >= 0.6 is 23.2 Å². The zero-order valence-electron chi connectivity index (χ0n) is 15.1. The molecule has 0 aliphatic carbocycles. The molecule has 3 rings (SSSR count). The maximum atomic E-state index is 12.3. The van der Waals surface area contributed by atoms with E-state index in [1.54, 1.807) is 30.3 Å². The SMILES string of the molecule is O=C(COC(=O)C1CC(=O)N(NC(=O)c2ccc(Cl)c(Cl)c2)C1)c1ccccc1. The molecule has 1 atom stereocenters. The lowest BCUT2D eigenvalue weighted by molar-refractivity contribution is -0.147. The van der Waals surface area contributed by atoms with Crippen molar-refractivity contribution in [3.8, 4) is 0 Å². The molecule has 1 fully saturated rings. The number of halogens is 2. The summed E-state index contributed by atoms with van der Waals surface area (Å²) in [6, 6.07) is 12.7. The maximum Gasteiger partial charge on any atom is 0.311 e. The van der Waals surface area contributed by atoms with Crippen molar-refractivity contribution in [2.45, 2.75) is 6.42 Å². The molecule has 2 aromatic rings. The fourth-order valence-corrected chi connectivity index (χ4v) is 3.06. The van der Waals surface area contributed by atoms with E-state index in [2.05, 4.69) is 5.43 Å². The van der Waals surface area contributed by atoms with Gasteiger partial charge in [0.05, 0.1) is 22.5 Å². The molecule has 7 nitrogen and oxygen atoms in total. The molecule has 1 aliphatic heterocycles. The van der Waals surface area contributed by atoms with Gasteiger partial charge in [0.15, 0.2) is 12.4 Å². The van der Waals surface area contributed by atoms with Crippen LogP contribution in [0, 0.1) is 5.92 Å². The van der Waals surface area contributed by atoms with E-state index in [4.69, 9.17) is 27.9 Å². The summed E-state index contributed by atoms with van der Waals surface area (Å²) in [6.07, 6.45) is -0.125. The van der Waals surface area contributed by atoms with Crippen molar-refractivity contribution in [1.82, 2.24) is 10.4 Å². The van der Waals surface area contributed by atoms with Crippen LogP contribution in [0.5, 0.6) is 0 Å². The Morgan fingerprint density at radius 1 is 1.03 bits per heavy atom. The first kappa shape index (κ1) is 20.8. The van der Waals surface area contributed by atoms with Crippen LogP contribution in [0.2, 0.25) is 10.0 Å². The van der Waals surface area contributed by atoms with E-state index >= 15 is 0 Å². The first-order valence-electron chi connectivity index (χ1n) is 8.66. The first-order valence-corrected chi connectivity index (χ1v) is 9.42. The van der Waals surface area contributed by atoms with Crippen molar-refractivity contribution >= 4 is 46.8 Å². The second-order valence-corrected chi connectivity index (χ2v) is 7.19. The van der Waals surface area contributed by atoms with E-state index < -0.39 is 30.3 Å². The van der Waals surface area contributed by atoms with E-state index in [0.717, 1.165) is 5.01 Å². The minimum absolute atomic E-state index is 0.0513. The Labute approximate surface area is 176 Å². The molecule has 29 heavy (non-hydrogen) atoms. The predicted octanol–water partition coefficient (Wildman–Crippen LogP) is 2.91. The number of nitrogens with one attached hydrogen (secondary N) is 1. The molecule has 1 saturated heterocycles. The highest BCUT2D eigenvalue weighted by Crippen LogP contribution is 2.23. The van der Waals surface area contributed by atoms with Crippen molar-refractivity contribution in [2.75, 3.05) is 13.2 Å². The highest BCUT2D eigenvalue weighted by atomic mass is 35.5. The van der Waals surface area contributed by atoms with Gasteiger partial charge in [-0.25, -0.2) is 0 Å². The quantitative estimate of drug-likeness (QED) is 0.557. The van der Waals surface area contributed by atoms with Gasteiger partial charge in [0.2, 0.25) is 5.91 Å². The van der Waals surface area contributed by atoms with E-state index in [-0.39, 0.29) is 29.3 Å². The number of ketones is 1. The fourth-order valence-electron chi connectivity index (χ4n) is 2.76. The Morgan fingerprint density at radius 2 is 1.76 bits per heavy atom. The summed E-state index contributed by atoms with van der Waals surface area (Å²) in [5, 5.41) is 1.56. The number of nitrogens with zero attached hydrogens (tertiary/aromatic N) is 1. The predicted molar refractivity (Wildman–Crippen MR) is 105 cm³/mol. The zero-order valence-corrected chi connectivity index (χ0v) is 16.6. The third kappa shape index (κ3) is 5.13. The summed E-state index contributed by atoms with van der Waals surface area (Å²) >= 11 is 11.7. The van der Waals surface area contributed by atoms with Crippen LogP contribution < -0.4 is 5.43 Å². The molecule has 0 spiro atoms. The van der Waals surface area contributed by atoms with Gasteiger partial charge in [-0.2, -0.15) is 0 Å². The van der Waals surface area contributed by atoms with E-state index in [0.29, 0.717) is 10.6 Å². The summed E-state index contributed by atoms with van der Waals surface area (Å²) < 4.78 is 5.05. The minimum atomic E-state index is -0.778. The average Bonchev–Trinajstić information content (AvgIpc) is 3.09. The van der Waals surface area contributed by atoms with E-state index in [1.165, 1.54) is 18.2 Å². The van der Waals surface area contributed by atoms with Crippen molar-refractivity contribution < 1.29 is 23.9 Å². The summed E-state index contributed by atoms with van der Waals surface area (Å²) in [6.45, 7) is -0.465. The average molecular weight is 435 g/mol. The van der Waals surface area contributed by atoms with Crippen molar-refractivity contribution in [3.63, 3.8) is 0 Å². The summed E-state index contributed by atoms with van der Waals surface area (Å²) in [7, 11) is 0. The number of hydrogen-bond donors (Lipinski definition) is 1. The highest BCUT2D eigenvalue weighted by molar-refractivity contribution is 6.42. The molecule has 0 radical (unpaired) electrons. The van der Waals surface area contributed by atoms with Crippen LogP contribution in [0.4, 0.5) is 0 Å². The number of rotatable bonds is 6. The van der Waals surface area contributed by atoms with Gasteiger partial charge in [0, 0.05) is 17.5 Å². The lowest BCUT2D eigenvalue weighted by Crippen LogP contribution is -2.43. The number of benzene rings is 2. The number of amides is 2. The molecule has 0 bridgehead atoms. The van der Waals surface area contributed by atoms with Crippen LogP contribution in [-0.4, -0.2) is 41.7 Å². The third-order valence-corrected chi connectivity index (χ3v) is 5.06. The van der Waals surface area contributed by atoms with Crippen molar-refractivity contribution in [2.24, 2.45) is 5.92 Å². The molecule has 2 amide bonds. The number of Topliss-reactive ketones (excluding diaryl/α,β-unsaturated/α-hetero) is 1. The number of hydrogen-bond acceptors (Lipinski definition) is 5. The van der Waals surface area contributed by atoms with Gasteiger partial charge in [-0.1, -0.05) is 53.5 Å². The number of carbonyl (C=O) groups is 4. The van der Waals surface area contributed by atoms with Crippen molar-refractivity contribution in [3.05, 3.63) is 69.7 Å². The Bertz CT molecular complexity index is 965. The zero-order chi connectivity index (χ0) is 21.0. The van der Waals surface area contributed by atoms with Gasteiger partial charge >= 0.3 is 5.97 Å². The Hall–Kier alpha value is -2.90. The van der Waals surface area contributed by atoms with E-state index in [1.807, 2.05) is 0 Å². The first-order chi connectivity index (χ1) is 13.8. The van der Waals surface area contributed by atoms with Crippen LogP contribution in [0.15, 0.2) is 48.5 Å². The van der Waals surface area contributed by atoms with Crippen LogP contribution in [0.1, 0.15) is 27.1 Å². The molecular weight excluding hydrogens is 419 g/mol. The fraction of sp³-hybridized carbons (Fsp3) is 0.200. The Morgan fingerprint density at radius 3 is 2.45 bits per heavy atom. The Balaban J connectivity index is 1.53. The minimum Gasteiger partial charge on any atom is -0.457 e. The topological polar surface area (TPSA) is 92.8 Å². The molecule has 9 heteroatoms. The molecular formula is C20H16Cl2N2O5. The van der Waals surface area contributed by atoms with Gasteiger partial charge < -0.3 is 4.74 Å². The van der Waals surface area contributed by atoms with Gasteiger partial charge in [0.25, 0.3) is 5.91 Å². The second kappa shape index (κ2) is 9.07. The van der Waals surface area contributed by atoms with Crippen LogP contribution in [-0.2, 0) is 14.3 Å². The standard InChI is InChI=1S/C20H16Cl2N2O5/c21-15-7-6-13(8-16(15)22)19(27)23-24-10-14(9-18(24)26)20(28)29-11-17(25)12-4-2-1-3-5-12/h1-8,14H,9-11H2,(H,23,27). The smallest absolute Gasteiger partial charge is 0.311 e. The molecule has 1 heterocycles. The molecule has 1 aliphatic rings. The van der Waals surface area contributed by atoms with Gasteiger partial charge in [-0.3, -0.25) is 29.6 Å². The normalized spacial score (nSPS) is 15.9. The number of carbonyl (C=O) groups excluding carboxylic acids is 4. The monoisotopic (exact) mass is 434 g/mol. The second-order valence-electron chi connectivity index (χ2n) is 6.37. The number of ether oxygens (including phenoxy) is 1.